The molecule has 0 spiro atoms. The lowest BCUT2D eigenvalue weighted by molar-refractivity contribution is -0.125. The van der Waals surface area contributed by atoms with Gasteiger partial charge in [0, 0.05) is 12.6 Å². The summed E-state index contributed by atoms with van der Waals surface area (Å²) in [6.45, 7) is 5.57. The second-order valence-electron chi connectivity index (χ2n) is 5.24. The molecular weight excluding hydrogens is 204 g/mol. The number of aliphatic hydroxyl groups excluding tert-OH is 1. The maximum Gasteiger partial charge on any atom is 0.237 e. The zero-order valence-corrected chi connectivity index (χ0v) is 10.1. The van der Waals surface area contributed by atoms with E-state index in [2.05, 4.69) is 10.2 Å². The maximum atomic E-state index is 11.8. The highest BCUT2D eigenvalue weighted by Crippen LogP contribution is 2.23. The molecule has 1 aliphatic carbocycles. The molecule has 0 aromatic carbocycles. The highest BCUT2D eigenvalue weighted by molar-refractivity contribution is 5.81. The summed E-state index contributed by atoms with van der Waals surface area (Å²) in [4.78, 5) is 14.0. The molecule has 92 valence electrons. The Balaban J connectivity index is 1.80. The van der Waals surface area contributed by atoms with Crippen LogP contribution in [0.15, 0.2) is 0 Å². The van der Waals surface area contributed by atoms with Gasteiger partial charge in [-0.2, -0.15) is 0 Å². The van der Waals surface area contributed by atoms with Crippen LogP contribution in [0.5, 0.6) is 0 Å². The molecule has 1 aliphatic heterocycles. The molecule has 0 radical (unpaired) electrons. The third-order valence-corrected chi connectivity index (χ3v) is 3.79. The summed E-state index contributed by atoms with van der Waals surface area (Å²) in [5.41, 5.74) is 0. The van der Waals surface area contributed by atoms with Crippen LogP contribution in [0.25, 0.3) is 0 Å². The molecule has 2 N–H and O–H groups in total. The Kier molecular flexibility index (Phi) is 3.50. The summed E-state index contributed by atoms with van der Waals surface area (Å²) in [5, 5.41) is 12.5. The van der Waals surface area contributed by atoms with E-state index in [9.17, 15) is 9.90 Å². The molecule has 2 fully saturated rings. The minimum Gasteiger partial charge on any atom is -0.393 e. The smallest absolute Gasteiger partial charge is 0.237 e. The number of rotatable bonds is 4. The predicted octanol–water partition coefficient (Wildman–Crippen LogP) is 0.356. The lowest BCUT2D eigenvalue weighted by atomic mass is 10.0. The maximum absolute atomic E-state index is 11.8. The van der Waals surface area contributed by atoms with Crippen LogP contribution in [0.4, 0.5) is 0 Å². The van der Waals surface area contributed by atoms with Gasteiger partial charge in [0.15, 0.2) is 0 Å². The van der Waals surface area contributed by atoms with Gasteiger partial charge in [-0.3, -0.25) is 9.69 Å². The summed E-state index contributed by atoms with van der Waals surface area (Å²) in [7, 11) is 0. The Morgan fingerprint density at radius 1 is 1.38 bits per heavy atom. The number of likely N-dealkylation sites (tertiary alicyclic amines) is 1. The van der Waals surface area contributed by atoms with Gasteiger partial charge in [-0.05, 0) is 45.6 Å². The molecule has 3 atom stereocenters. The molecule has 0 aromatic rings. The molecule has 0 bridgehead atoms. The Morgan fingerprint density at radius 3 is 2.56 bits per heavy atom. The van der Waals surface area contributed by atoms with Gasteiger partial charge in [0.05, 0.1) is 12.1 Å². The van der Waals surface area contributed by atoms with E-state index in [0.29, 0.717) is 12.0 Å². The Bertz CT molecular complexity index is 264. The predicted molar refractivity (Wildman–Crippen MR) is 62.0 cm³/mol. The highest BCUT2D eigenvalue weighted by Gasteiger charge is 2.33. The second-order valence-corrected chi connectivity index (χ2v) is 5.24. The fourth-order valence-corrected chi connectivity index (χ4v) is 2.28. The highest BCUT2D eigenvalue weighted by atomic mass is 16.3. The third kappa shape index (κ3) is 2.74. The van der Waals surface area contributed by atoms with Crippen molar-refractivity contribution in [3.05, 3.63) is 0 Å². The minimum absolute atomic E-state index is 0.0515. The molecule has 2 rings (SSSR count). The fourth-order valence-electron chi connectivity index (χ4n) is 2.28. The number of carbonyl (C=O) groups is 1. The van der Waals surface area contributed by atoms with Gasteiger partial charge >= 0.3 is 0 Å². The Labute approximate surface area is 97.0 Å². The van der Waals surface area contributed by atoms with E-state index in [1.165, 1.54) is 0 Å². The van der Waals surface area contributed by atoms with Gasteiger partial charge in [-0.15, -0.1) is 0 Å². The first kappa shape index (κ1) is 11.9. The third-order valence-electron chi connectivity index (χ3n) is 3.79. The van der Waals surface area contributed by atoms with E-state index in [1.54, 1.807) is 0 Å². The SMILES string of the molecule is CC(O)C1CCN(C(C)C(=O)NC2CC2)C1. The molecule has 1 saturated heterocycles. The van der Waals surface area contributed by atoms with Crippen molar-refractivity contribution in [1.82, 2.24) is 10.2 Å². The fraction of sp³-hybridized carbons (Fsp3) is 0.917. The standard InChI is InChI=1S/C12H22N2O2/c1-8(12(16)13-11-3-4-11)14-6-5-10(7-14)9(2)15/h8-11,15H,3-7H2,1-2H3,(H,13,16). The van der Waals surface area contributed by atoms with Gasteiger partial charge in [-0.1, -0.05) is 0 Å². The van der Waals surface area contributed by atoms with E-state index in [1.807, 2.05) is 13.8 Å². The summed E-state index contributed by atoms with van der Waals surface area (Å²) in [6.07, 6.45) is 3.01. The summed E-state index contributed by atoms with van der Waals surface area (Å²) in [6, 6.07) is 0.384. The average Bonchev–Trinajstić information content (AvgIpc) is 2.91. The van der Waals surface area contributed by atoms with Gasteiger partial charge < -0.3 is 10.4 Å². The number of amides is 1. The van der Waals surface area contributed by atoms with Crippen LogP contribution in [0.2, 0.25) is 0 Å². The van der Waals surface area contributed by atoms with E-state index in [0.717, 1.165) is 32.4 Å². The van der Waals surface area contributed by atoms with Crippen molar-refractivity contribution in [1.29, 1.82) is 0 Å². The second kappa shape index (κ2) is 4.72. The van der Waals surface area contributed by atoms with E-state index >= 15 is 0 Å². The van der Waals surface area contributed by atoms with Crippen molar-refractivity contribution in [2.75, 3.05) is 13.1 Å². The first-order valence-electron chi connectivity index (χ1n) is 6.30. The lowest BCUT2D eigenvalue weighted by Gasteiger charge is -2.24. The van der Waals surface area contributed by atoms with Crippen molar-refractivity contribution in [3.8, 4) is 0 Å². The summed E-state index contributed by atoms with van der Waals surface area (Å²) < 4.78 is 0. The van der Waals surface area contributed by atoms with Crippen LogP contribution < -0.4 is 5.32 Å². The number of hydrogen-bond acceptors (Lipinski definition) is 3. The molecular formula is C12H22N2O2. The van der Waals surface area contributed by atoms with Crippen molar-refractivity contribution < 1.29 is 9.90 Å². The molecule has 2 aliphatic rings. The molecule has 4 heteroatoms. The van der Waals surface area contributed by atoms with Crippen LogP contribution >= 0.6 is 0 Å². The van der Waals surface area contributed by atoms with E-state index < -0.39 is 0 Å². The number of carbonyl (C=O) groups excluding carboxylic acids is 1. The molecule has 1 amide bonds. The quantitative estimate of drug-likeness (QED) is 0.727. The van der Waals surface area contributed by atoms with Crippen molar-refractivity contribution in [2.24, 2.45) is 5.92 Å². The number of nitrogens with one attached hydrogen (secondary N) is 1. The lowest BCUT2D eigenvalue weighted by Crippen LogP contribution is -2.45. The topological polar surface area (TPSA) is 52.6 Å². The first-order valence-corrected chi connectivity index (χ1v) is 6.30. The Morgan fingerprint density at radius 2 is 2.06 bits per heavy atom. The summed E-state index contributed by atoms with van der Waals surface area (Å²) >= 11 is 0. The molecule has 0 aromatic heterocycles. The Hall–Kier alpha value is -0.610. The van der Waals surface area contributed by atoms with Gasteiger partial charge in [0.2, 0.25) is 5.91 Å². The van der Waals surface area contributed by atoms with Crippen molar-refractivity contribution in [3.63, 3.8) is 0 Å². The van der Waals surface area contributed by atoms with Crippen molar-refractivity contribution >= 4 is 5.91 Å². The molecule has 1 heterocycles. The van der Waals surface area contributed by atoms with E-state index in [4.69, 9.17) is 0 Å². The number of nitrogens with zero attached hydrogens (tertiary/aromatic N) is 1. The van der Waals surface area contributed by atoms with Gasteiger partial charge in [0.25, 0.3) is 0 Å². The zero-order valence-electron chi connectivity index (χ0n) is 10.1. The largest absolute Gasteiger partial charge is 0.393 e. The molecule has 4 nitrogen and oxygen atoms in total. The van der Waals surface area contributed by atoms with Crippen LogP contribution in [-0.2, 0) is 4.79 Å². The average molecular weight is 226 g/mol. The molecule has 16 heavy (non-hydrogen) atoms. The van der Waals surface area contributed by atoms with Crippen LogP contribution in [-0.4, -0.2) is 47.2 Å². The minimum atomic E-state index is -0.260. The molecule has 3 unspecified atom stereocenters. The van der Waals surface area contributed by atoms with Crippen LogP contribution in [0, 0.1) is 5.92 Å². The zero-order chi connectivity index (χ0) is 11.7. The van der Waals surface area contributed by atoms with Gasteiger partial charge in [-0.25, -0.2) is 0 Å². The van der Waals surface area contributed by atoms with Crippen LogP contribution in [0.3, 0.4) is 0 Å². The normalized spacial score (nSPS) is 30.1. The van der Waals surface area contributed by atoms with Gasteiger partial charge in [0.1, 0.15) is 0 Å². The first-order chi connectivity index (χ1) is 7.58. The van der Waals surface area contributed by atoms with Crippen molar-refractivity contribution in [2.45, 2.75) is 51.3 Å². The van der Waals surface area contributed by atoms with E-state index in [-0.39, 0.29) is 18.1 Å². The molecule has 1 saturated carbocycles. The number of aliphatic hydroxyl groups is 1. The summed E-state index contributed by atoms with van der Waals surface area (Å²) in [5.74, 6) is 0.477. The van der Waals surface area contributed by atoms with Crippen LogP contribution in [0.1, 0.15) is 33.1 Å². The number of hydrogen-bond donors (Lipinski definition) is 2. The monoisotopic (exact) mass is 226 g/mol.